The summed E-state index contributed by atoms with van der Waals surface area (Å²) in [5.41, 5.74) is 5.71. The van der Waals surface area contributed by atoms with Crippen molar-refractivity contribution in [2.75, 3.05) is 18.6 Å². The maximum atomic E-state index is 13.8. The zero-order chi connectivity index (χ0) is 15.5. The van der Waals surface area contributed by atoms with E-state index in [1.165, 1.54) is 11.8 Å². The van der Waals surface area contributed by atoms with Crippen molar-refractivity contribution >= 4 is 43.4 Å². The lowest BCUT2D eigenvalue weighted by molar-refractivity contribution is 0.282. The molecular formula is C11H16BrFN2O3S2. The van der Waals surface area contributed by atoms with Crippen molar-refractivity contribution < 1.29 is 17.9 Å². The van der Waals surface area contributed by atoms with E-state index in [1.54, 1.807) is 13.2 Å². The highest BCUT2D eigenvalue weighted by Crippen LogP contribution is 2.26. The van der Waals surface area contributed by atoms with Gasteiger partial charge in [-0.05, 0) is 41.2 Å². The van der Waals surface area contributed by atoms with Crippen molar-refractivity contribution in [3.63, 3.8) is 0 Å². The molecule has 2 unspecified atom stereocenters. The number of hydrogen-bond acceptors (Lipinski definition) is 5. The Morgan fingerprint density at radius 1 is 1.55 bits per heavy atom. The highest BCUT2D eigenvalue weighted by atomic mass is 79.9. The number of hydrogen-bond donors (Lipinski definition) is 3. The second kappa shape index (κ2) is 7.08. The minimum atomic E-state index is -4.04. The fourth-order valence-electron chi connectivity index (χ4n) is 1.57. The van der Waals surface area contributed by atoms with Crippen molar-refractivity contribution in [3.05, 3.63) is 22.4 Å². The van der Waals surface area contributed by atoms with Gasteiger partial charge in [-0.15, -0.1) is 0 Å². The van der Waals surface area contributed by atoms with E-state index in [0.717, 1.165) is 12.1 Å². The Hall–Kier alpha value is -0.350. The fourth-order valence-corrected chi connectivity index (χ4v) is 3.98. The average Bonchev–Trinajstić information content (AvgIpc) is 2.34. The Labute approximate surface area is 130 Å². The Morgan fingerprint density at radius 2 is 2.15 bits per heavy atom. The van der Waals surface area contributed by atoms with Gasteiger partial charge in [0.05, 0.1) is 6.61 Å². The van der Waals surface area contributed by atoms with Gasteiger partial charge in [-0.25, -0.2) is 17.5 Å². The lowest BCUT2D eigenvalue weighted by Crippen LogP contribution is -2.41. The molecule has 0 amide bonds. The first-order chi connectivity index (χ1) is 9.22. The van der Waals surface area contributed by atoms with Gasteiger partial charge in [0.1, 0.15) is 10.7 Å². The van der Waals surface area contributed by atoms with E-state index in [2.05, 4.69) is 20.7 Å². The van der Waals surface area contributed by atoms with Gasteiger partial charge in [-0.2, -0.15) is 11.8 Å². The number of sulfonamides is 1. The summed E-state index contributed by atoms with van der Waals surface area (Å²) < 4.78 is 40.7. The summed E-state index contributed by atoms with van der Waals surface area (Å²) in [4.78, 5) is -0.511. The minimum absolute atomic E-state index is 0.128. The smallest absolute Gasteiger partial charge is 0.243 e. The molecule has 5 nitrogen and oxygen atoms in total. The van der Waals surface area contributed by atoms with Crippen LogP contribution in [0.25, 0.3) is 0 Å². The van der Waals surface area contributed by atoms with Crippen molar-refractivity contribution in [2.24, 2.45) is 0 Å². The molecule has 1 aromatic rings. The van der Waals surface area contributed by atoms with Crippen LogP contribution < -0.4 is 10.5 Å². The summed E-state index contributed by atoms with van der Waals surface area (Å²) in [6.07, 6.45) is 1.75. The molecule has 1 aromatic carbocycles. The summed E-state index contributed by atoms with van der Waals surface area (Å²) in [5.74, 6) is -0.893. The first-order valence-corrected chi connectivity index (χ1v) is 9.19. The molecule has 0 spiro atoms. The van der Waals surface area contributed by atoms with Gasteiger partial charge < -0.3 is 10.8 Å². The molecular weight excluding hydrogens is 371 g/mol. The van der Waals surface area contributed by atoms with E-state index in [0.29, 0.717) is 4.47 Å². The molecule has 0 aliphatic heterocycles. The van der Waals surface area contributed by atoms with Crippen LogP contribution in [0.4, 0.5) is 10.1 Å². The lowest BCUT2D eigenvalue weighted by atomic mass is 10.3. The monoisotopic (exact) mass is 386 g/mol. The zero-order valence-corrected chi connectivity index (χ0v) is 14.1. The van der Waals surface area contributed by atoms with Crippen LogP contribution in [-0.4, -0.2) is 37.7 Å². The summed E-state index contributed by atoms with van der Waals surface area (Å²) in [7, 11) is -4.04. The molecule has 0 saturated carbocycles. The summed E-state index contributed by atoms with van der Waals surface area (Å²) >= 11 is 4.35. The molecule has 4 N–H and O–H groups in total. The molecule has 0 bridgehead atoms. The molecule has 0 heterocycles. The number of nitrogens with two attached hydrogens (primary N) is 1. The number of benzene rings is 1. The number of anilines is 1. The molecule has 9 heteroatoms. The molecule has 20 heavy (non-hydrogen) atoms. The van der Waals surface area contributed by atoms with E-state index < -0.39 is 26.8 Å². The van der Waals surface area contributed by atoms with E-state index in [4.69, 9.17) is 10.8 Å². The molecule has 0 aliphatic carbocycles. The highest BCUT2D eigenvalue weighted by molar-refractivity contribution is 9.10. The zero-order valence-electron chi connectivity index (χ0n) is 10.9. The van der Waals surface area contributed by atoms with E-state index in [9.17, 15) is 12.8 Å². The molecule has 0 aromatic heterocycles. The van der Waals surface area contributed by atoms with Crippen molar-refractivity contribution in [1.82, 2.24) is 4.72 Å². The maximum absolute atomic E-state index is 13.8. The van der Waals surface area contributed by atoms with Gasteiger partial charge in [0.2, 0.25) is 10.0 Å². The van der Waals surface area contributed by atoms with Crippen LogP contribution in [0.15, 0.2) is 21.5 Å². The highest BCUT2D eigenvalue weighted by Gasteiger charge is 2.26. The third-order valence-corrected chi connectivity index (χ3v) is 6.15. The number of rotatable bonds is 6. The molecule has 2 atom stereocenters. The quantitative estimate of drug-likeness (QED) is 0.645. The van der Waals surface area contributed by atoms with Gasteiger partial charge in [-0.1, -0.05) is 0 Å². The molecule has 0 aliphatic rings. The van der Waals surface area contributed by atoms with Crippen LogP contribution in [0.2, 0.25) is 0 Å². The largest absolute Gasteiger partial charge is 0.398 e. The molecule has 114 valence electrons. The molecule has 0 fully saturated rings. The summed E-state index contributed by atoms with van der Waals surface area (Å²) in [5, 5.41) is 8.82. The molecule has 0 radical (unpaired) electrons. The van der Waals surface area contributed by atoms with Crippen molar-refractivity contribution in [1.29, 1.82) is 0 Å². The first kappa shape index (κ1) is 17.7. The lowest BCUT2D eigenvalue weighted by Gasteiger charge is -2.21. The second-order valence-electron chi connectivity index (χ2n) is 4.17. The number of nitrogen functional groups attached to an aromatic ring is 1. The van der Waals surface area contributed by atoms with Crippen LogP contribution in [0.5, 0.6) is 0 Å². The number of aliphatic hydroxyl groups is 1. The average molecular weight is 387 g/mol. The van der Waals surface area contributed by atoms with Crippen LogP contribution in [-0.2, 0) is 10.0 Å². The number of aliphatic hydroxyl groups excluding tert-OH is 1. The van der Waals surface area contributed by atoms with Crippen molar-refractivity contribution in [2.45, 2.75) is 23.1 Å². The Morgan fingerprint density at radius 3 is 2.65 bits per heavy atom. The number of nitrogens with one attached hydrogen (secondary N) is 1. The predicted octanol–water partition coefficient (Wildman–Crippen LogP) is 1.56. The number of halogens is 2. The SMILES string of the molecule is CSC(CO)C(C)NS(=O)(=O)c1cc(N)c(Br)cc1F. The van der Waals surface area contributed by atoms with Crippen LogP contribution in [0, 0.1) is 5.82 Å². The van der Waals surface area contributed by atoms with Gasteiger partial charge >= 0.3 is 0 Å². The maximum Gasteiger partial charge on any atom is 0.243 e. The van der Waals surface area contributed by atoms with E-state index >= 15 is 0 Å². The van der Waals surface area contributed by atoms with E-state index in [1.807, 2.05) is 0 Å². The van der Waals surface area contributed by atoms with Gasteiger partial charge in [-0.3, -0.25) is 0 Å². The normalized spacial score (nSPS) is 15.1. The fraction of sp³-hybridized carbons (Fsp3) is 0.455. The number of thioether (sulfide) groups is 1. The minimum Gasteiger partial charge on any atom is -0.398 e. The van der Waals surface area contributed by atoms with Gasteiger partial charge in [0.25, 0.3) is 0 Å². The van der Waals surface area contributed by atoms with Crippen molar-refractivity contribution in [3.8, 4) is 0 Å². The third-order valence-electron chi connectivity index (χ3n) is 2.72. The van der Waals surface area contributed by atoms with Crippen LogP contribution in [0.1, 0.15) is 6.92 Å². The second-order valence-corrected chi connectivity index (χ2v) is 7.78. The molecule has 0 saturated heterocycles. The Bertz CT molecular complexity index is 579. The van der Waals surface area contributed by atoms with Crippen LogP contribution >= 0.6 is 27.7 Å². The molecule has 1 rings (SSSR count). The topological polar surface area (TPSA) is 92.4 Å². The summed E-state index contributed by atoms with van der Waals surface area (Å²) in [6, 6.07) is 1.51. The van der Waals surface area contributed by atoms with E-state index in [-0.39, 0.29) is 17.5 Å². The third kappa shape index (κ3) is 4.08. The first-order valence-electron chi connectivity index (χ1n) is 5.63. The Kier molecular flexibility index (Phi) is 6.26. The standard InChI is InChI=1S/C11H16BrFN2O3S2/c1-6(10(5-16)19-2)15-20(17,18)11-4-9(14)7(12)3-8(11)13/h3-4,6,10,15-16H,5,14H2,1-2H3. The Balaban J connectivity index is 3.09. The predicted molar refractivity (Wildman–Crippen MR) is 82.7 cm³/mol. The van der Waals surface area contributed by atoms with Gasteiger partial charge in [0, 0.05) is 21.5 Å². The van der Waals surface area contributed by atoms with Gasteiger partial charge in [0.15, 0.2) is 0 Å². The van der Waals surface area contributed by atoms with Crippen LogP contribution in [0.3, 0.4) is 0 Å². The summed E-state index contributed by atoms with van der Waals surface area (Å²) in [6.45, 7) is 1.42.